The van der Waals surface area contributed by atoms with Crippen LogP contribution in [0.25, 0.3) is 11.4 Å². The van der Waals surface area contributed by atoms with Gasteiger partial charge in [-0.1, -0.05) is 12.1 Å². The van der Waals surface area contributed by atoms with E-state index in [1.165, 1.54) is 41.8 Å². The Labute approximate surface area is 195 Å². The monoisotopic (exact) mass is 467 g/mol. The van der Waals surface area contributed by atoms with Crippen LogP contribution in [0.4, 0.5) is 10.5 Å². The number of nitro groups is 1. The Morgan fingerprint density at radius 1 is 1.21 bits per heavy atom. The van der Waals surface area contributed by atoms with Crippen LogP contribution in [0.3, 0.4) is 0 Å². The van der Waals surface area contributed by atoms with Crippen LogP contribution in [0.2, 0.25) is 0 Å². The highest BCUT2D eigenvalue weighted by Gasteiger charge is 2.27. The second kappa shape index (κ2) is 9.86. The molecule has 11 nitrogen and oxygen atoms in total. The number of nitro benzene ring substituents is 1. The van der Waals surface area contributed by atoms with Crippen LogP contribution >= 0.6 is 0 Å². The molecule has 0 amide bonds. The lowest BCUT2D eigenvalue weighted by Crippen LogP contribution is -2.28. The number of non-ortho nitro benzene ring substituents is 1. The Bertz CT molecular complexity index is 1190. The number of benzene rings is 1. The maximum absolute atomic E-state index is 12.1. The van der Waals surface area contributed by atoms with Crippen LogP contribution in [0.1, 0.15) is 31.2 Å². The number of aromatic nitrogens is 4. The number of rotatable bonds is 8. The van der Waals surface area contributed by atoms with E-state index >= 15 is 0 Å². The van der Waals surface area contributed by atoms with Crippen LogP contribution in [0.5, 0.6) is 11.5 Å². The molecule has 0 radical (unpaired) electrons. The van der Waals surface area contributed by atoms with Gasteiger partial charge in [0.05, 0.1) is 22.9 Å². The number of pyridine rings is 1. The number of carbonyl (C=O) groups is 1. The summed E-state index contributed by atoms with van der Waals surface area (Å²) in [6, 6.07) is 8.77. The third kappa shape index (κ3) is 5.13. The Morgan fingerprint density at radius 2 is 1.97 bits per heavy atom. The maximum atomic E-state index is 12.1. The summed E-state index contributed by atoms with van der Waals surface area (Å²) >= 11 is 0. The zero-order chi connectivity index (χ0) is 24.2. The molecule has 0 spiro atoms. The molecule has 0 unspecified atom stereocenters. The number of hydrogen-bond donors (Lipinski definition) is 0. The molecule has 3 aromatic rings. The Balaban J connectivity index is 1.39. The molecule has 0 saturated heterocycles. The fourth-order valence-electron chi connectivity index (χ4n) is 3.64. The predicted octanol–water partition coefficient (Wildman–Crippen LogP) is 4.23. The summed E-state index contributed by atoms with van der Waals surface area (Å²) in [4.78, 5) is 26.9. The van der Waals surface area contributed by atoms with Gasteiger partial charge in [0.25, 0.3) is 5.69 Å². The molecule has 1 saturated carbocycles. The highest BCUT2D eigenvalue weighted by Crippen LogP contribution is 2.34. The smallest absolute Gasteiger partial charge is 0.491 e. The predicted molar refractivity (Wildman–Crippen MR) is 120 cm³/mol. The van der Waals surface area contributed by atoms with Gasteiger partial charge in [0, 0.05) is 19.2 Å². The van der Waals surface area contributed by atoms with Gasteiger partial charge in [0.2, 0.25) is 0 Å². The van der Waals surface area contributed by atoms with E-state index in [-0.39, 0.29) is 18.0 Å². The van der Waals surface area contributed by atoms with Crippen molar-refractivity contribution < 1.29 is 23.9 Å². The van der Waals surface area contributed by atoms with Gasteiger partial charge in [-0.25, -0.2) is 14.5 Å². The third-order valence-corrected chi connectivity index (χ3v) is 6.05. The topological polar surface area (TPSA) is 132 Å². The van der Waals surface area contributed by atoms with E-state index in [4.69, 9.17) is 14.2 Å². The van der Waals surface area contributed by atoms with Crippen molar-refractivity contribution in [2.45, 2.75) is 33.3 Å². The summed E-state index contributed by atoms with van der Waals surface area (Å²) in [6.07, 6.45) is 1.49. The van der Waals surface area contributed by atoms with Crippen LogP contribution in [-0.4, -0.2) is 37.7 Å². The summed E-state index contributed by atoms with van der Waals surface area (Å²) in [5.74, 6) is 2.15. The van der Waals surface area contributed by atoms with Crippen molar-refractivity contribution in [1.29, 1.82) is 0 Å². The molecule has 0 N–H and O–H groups in total. The summed E-state index contributed by atoms with van der Waals surface area (Å²) in [7, 11) is 1.68. The van der Waals surface area contributed by atoms with Crippen molar-refractivity contribution >= 4 is 11.8 Å². The highest BCUT2D eigenvalue weighted by atomic mass is 16.7. The second-order valence-corrected chi connectivity index (χ2v) is 8.31. The first-order valence-corrected chi connectivity index (χ1v) is 10.9. The quantitative estimate of drug-likeness (QED) is 0.206. The van der Waals surface area contributed by atoms with Gasteiger partial charge in [-0.15, -0.1) is 5.10 Å². The first kappa shape index (κ1) is 23.1. The summed E-state index contributed by atoms with van der Waals surface area (Å²) in [5, 5.41) is 18.9. The third-order valence-electron chi connectivity index (χ3n) is 6.05. The van der Waals surface area contributed by atoms with Gasteiger partial charge < -0.3 is 14.2 Å². The van der Waals surface area contributed by atoms with E-state index in [0.717, 1.165) is 11.4 Å². The average Bonchev–Trinajstić information content (AvgIpc) is 3.18. The van der Waals surface area contributed by atoms with Crippen LogP contribution < -0.4 is 9.47 Å². The molecule has 2 aromatic heterocycles. The van der Waals surface area contributed by atoms with E-state index in [1.807, 2.05) is 13.0 Å². The second-order valence-electron chi connectivity index (χ2n) is 8.31. The molecular weight excluding hydrogens is 442 g/mol. The molecular formula is C23H25N5O6. The number of carbonyl (C=O) groups excluding carboxylic acids is 1. The number of nitrogens with zero attached hydrogens (tertiary/aromatic N) is 5. The van der Waals surface area contributed by atoms with Crippen molar-refractivity contribution in [1.82, 2.24) is 20.0 Å². The molecule has 34 heavy (non-hydrogen) atoms. The summed E-state index contributed by atoms with van der Waals surface area (Å²) in [5.41, 5.74) is 2.22. The molecule has 1 aromatic carbocycles. The van der Waals surface area contributed by atoms with Crippen LogP contribution in [0, 0.1) is 28.9 Å². The molecule has 2 atom stereocenters. The van der Waals surface area contributed by atoms with Crippen LogP contribution in [0.15, 0.2) is 36.4 Å². The van der Waals surface area contributed by atoms with Crippen molar-refractivity contribution in [2.24, 2.45) is 18.9 Å². The first-order valence-electron chi connectivity index (χ1n) is 10.9. The molecule has 1 fully saturated rings. The number of hydrogen-bond acceptors (Lipinski definition) is 9. The van der Waals surface area contributed by atoms with E-state index in [2.05, 4.69) is 22.2 Å². The van der Waals surface area contributed by atoms with Gasteiger partial charge in [-0.2, -0.15) is 0 Å². The largest absolute Gasteiger partial charge is 0.514 e. The van der Waals surface area contributed by atoms with Crippen LogP contribution in [-0.2, 0) is 18.4 Å². The van der Waals surface area contributed by atoms with E-state index in [0.29, 0.717) is 35.5 Å². The highest BCUT2D eigenvalue weighted by molar-refractivity contribution is 5.64. The SMILES string of the molecule is Cc1nc(-c2nnn(C)c2COC(=O)Oc2ccc([N+](=O)[O-])cc2)ccc1OC[C@H]1CC[C@@H]1C. The van der Waals surface area contributed by atoms with Crippen molar-refractivity contribution in [3.8, 4) is 22.9 Å². The van der Waals surface area contributed by atoms with Gasteiger partial charge in [0.15, 0.2) is 0 Å². The Hall–Kier alpha value is -4.02. The number of aryl methyl sites for hydroxylation is 2. The molecule has 1 aliphatic carbocycles. The van der Waals surface area contributed by atoms with Gasteiger partial charge in [0.1, 0.15) is 29.5 Å². The molecule has 178 valence electrons. The number of ether oxygens (including phenoxy) is 3. The van der Waals surface area contributed by atoms with Gasteiger partial charge >= 0.3 is 6.16 Å². The minimum atomic E-state index is -0.959. The summed E-state index contributed by atoms with van der Waals surface area (Å²) < 4.78 is 17.7. The lowest BCUT2D eigenvalue weighted by Gasteiger charge is -2.33. The first-order chi connectivity index (χ1) is 16.3. The Kier molecular flexibility index (Phi) is 6.71. The van der Waals surface area contributed by atoms with Crippen molar-refractivity contribution in [3.63, 3.8) is 0 Å². The fraction of sp³-hybridized carbons (Fsp3) is 0.391. The minimum Gasteiger partial charge on any atom is -0.491 e. The molecule has 11 heteroatoms. The maximum Gasteiger partial charge on any atom is 0.514 e. The van der Waals surface area contributed by atoms with Crippen molar-refractivity contribution in [3.05, 3.63) is 57.9 Å². The average molecular weight is 467 g/mol. The lowest BCUT2D eigenvalue weighted by atomic mass is 9.75. The zero-order valence-electron chi connectivity index (χ0n) is 19.1. The van der Waals surface area contributed by atoms with Gasteiger partial charge in [-0.05, 0) is 55.9 Å². The molecule has 1 aliphatic rings. The normalized spacial score (nSPS) is 17.0. The molecule has 0 aliphatic heterocycles. The molecule has 0 bridgehead atoms. The van der Waals surface area contributed by atoms with Crippen molar-refractivity contribution in [2.75, 3.05) is 6.61 Å². The van der Waals surface area contributed by atoms with E-state index in [9.17, 15) is 14.9 Å². The molecule has 2 heterocycles. The van der Waals surface area contributed by atoms with Gasteiger partial charge in [-0.3, -0.25) is 10.1 Å². The van der Waals surface area contributed by atoms with E-state index in [1.54, 1.807) is 13.1 Å². The minimum absolute atomic E-state index is 0.108. The summed E-state index contributed by atoms with van der Waals surface area (Å²) in [6.45, 7) is 4.65. The standard InChI is InChI=1S/C23H25N5O6/c1-14-4-5-16(14)12-32-21-11-10-19(24-15(21)2)22-20(27(3)26-25-22)13-33-23(29)34-18-8-6-17(7-9-18)28(30)31/h6-11,14,16H,4-5,12-13H2,1-3H3/t14-,16+/m0/s1. The fourth-order valence-corrected chi connectivity index (χ4v) is 3.64. The Morgan fingerprint density at radius 3 is 2.59 bits per heavy atom. The molecule has 4 rings (SSSR count). The zero-order valence-corrected chi connectivity index (χ0v) is 19.1. The van der Waals surface area contributed by atoms with E-state index < -0.39 is 11.1 Å². The lowest BCUT2D eigenvalue weighted by molar-refractivity contribution is -0.384.